The van der Waals surface area contributed by atoms with Crippen LogP contribution in [-0.4, -0.2) is 6.61 Å². The van der Waals surface area contributed by atoms with Gasteiger partial charge in [-0.25, -0.2) is 5.90 Å². The Bertz CT molecular complexity index is 332. The number of benzene rings is 1. The van der Waals surface area contributed by atoms with Crippen LogP contribution in [0, 0.1) is 0 Å². The molecule has 2 heteroatoms. The van der Waals surface area contributed by atoms with Gasteiger partial charge in [0.1, 0.15) is 0 Å². The Hall–Kier alpha value is -0.860. The highest BCUT2D eigenvalue weighted by Gasteiger charge is 2.09. The molecule has 1 rings (SSSR count). The van der Waals surface area contributed by atoms with Crippen molar-refractivity contribution in [1.29, 1.82) is 0 Å². The van der Waals surface area contributed by atoms with Crippen LogP contribution in [0.2, 0.25) is 0 Å². The highest BCUT2D eigenvalue weighted by atomic mass is 16.6. The second kappa shape index (κ2) is 6.02. The molecule has 0 saturated heterocycles. The Kier molecular flexibility index (Phi) is 4.97. The molecule has 0 atom stereocenters. The van der Waals surface area contributed by atoms with Gasteiger partial charge >= 0.3 is 0 Å². The standard InChI is InChI=1S/C14H23NO/c1-10(2)12-5-6-14(11(3)4)13(9-12)7-8-16-15/h5-6,9-11H,7-8,15H2,1-4H3. The molecule has 0 aliphatic heterocycles. The summed E-state index contributed by atoms with van der Waals surface area (Å²) in [4.78, 5) is 4.68. The molecular formula is C14H23NO. The minimum absolute atomic E-state index is 0.550. The maximum atomic E-state index is 5.10. The summed E-state index contributed by atoms with van der Waals surface area (Å²) in [5.41, 5.74) is 4.16. The maximum Gasteiger partial charge on any atom is 0.0719 e. The van der Waals surface area contributed by atoms with E-state index in [1.54, 1.807) is 0 Å². The Labute approximate surface area is 98.8 Å². The monoisotopic (exact) mass is 221 g/mol. The van der Waals surface area contributed by atoms with Crippen LogP contribution >= 0.6 is 0 Å². The third-order valence-corrected chi connectivity index (χ3v) is 2.94. The lowest BCUT2D eigenvalue weighted by Gasteiger charge is -2.15. The molecule has 16 heavy (non-hydrogen) atoms. The van der Waals surface area contributed by atoms with E-state index in [-0.39, 0.29) is 0 Å². The van der Waals surface area contributed by atoms with Gasteiger partial charge in [-0.1, -0.05) is 45.9 Å². The molecule has 1 aromatic carbocycles. The van der Waals surface area contributed by atoms with Gasteiger partial charge < -0.3 is 4.84 Å². The lowest BCUT2D eigenvalue weighted by atomic mass is 9.91. The van der Waals surface area contributed by atoms with Crippen LogP contribution in [0.3, 0.4) is 0 Å². The van der Waals surface area contributed by atoms with Crippen molar-refractivity contribution in [2.24, 2.45) is 5.90 Å². The number of hydrogen-bond donors (Lipinski definition) is 1. The zero-order valence-electron chi connectivity index (χ0n) is 10.8. The average molecular weight is 221 g/mol. The maximum absolute atomic E-state index is 5.10. The van der Waals surface area contributed by atoms with Gasteiger partial charge in [0.05, 0.1) is 6.61 Å². The van der Waals surface area contributed by atoms with Gasteiger partial charge in [-0.3, -0.25) is 0 Å². The van der Waals surface area contributed by atoms with E-state index in [9.17, 15) is 0 Å². The fourth-order valence-electron chi connectivity index (χ4n) is 1.93. The van der Waals surface area contributed by atoms with Crippen molar-refractivity contribution in [2.45, 2.75) is 46.0 Å². The smallest absolute Gasteiger partial charge is 0.0719 e. The highest BCUT2D eigenvalue weighted by molar-refractivity contribution is 5.35. The average Bonchev–Trinajstić information content (AvgIpc) is 2.25. The summed E-state index contributed by atoms with van der Waals surface area (Å²) in [5, 5.41) is 0. The summed E-state index contributed by atoms with van der Waals surface area (Å²) >= 11 is 0. The predicted molar refractivity (Wildman–Crippen MR) is 68.5 cm³/mol. The normalized spacial score (nSPS) is 11.4. The van der Waals surface area contributed by atoms with Crippen LogP contribution in [0.25, 0.3) is 0 Å². The molecule has 0 aromatic heterocycles. The van der Waals surface area contributed by atoms with Gasteiger partial charge in [0, 0.05) is 0 Å². The van der Waals surface area contributed by atoms with E-state index in [4.69, 9.17) is 5.90 Å². The van der Waals surface area contributed by atoms with Gasteiger partial charge in [0.2, 0.25) is 0 Å². The van der Waals surface area contributed by atoms with Crippen molar-refractivity contribution in [3.05, 3.63) is 34.9 Å². The van der Waals surface area contributed by atoms with E-state index in [2.05, 4.69) is 50.7 Å². The van der Waals surface area contributed by atoms with Crippen molar-refractivity contribution in [3.63, 3.8) is 0 Å². The summed E-state index contributed by atoms with van der Waals surface area (Å²) in [7, 11) is 0. The van der Waals surface area contributed by atoms with E-state index in [0.717, 1.165) is 6.42 Å². The first-order valence-corrected chi connectivity index (χ1v) is 6.00. The summed E-state index contributed by atoms with van der Waals surface area (Å²) in [6.45, 7) is 9.46. The van der Waals surface area contributed by atoms with Gasteiger partial charge in [-0.2, -0.15) is 0 Å². The highest BCUT2D eigenvalue weighted by Crippen LogP contribution is 2.24. The van der Waals surface area contributed by atoms with E-state index in [1.807, 2.05) is 0 Å². The SMILES string of the molecule is CC(C)c1ccc(C(C)C)c(CCON)c1. The largest absolute Gasteiger partial charge is 0.304 e. The van der Waals surface area contributed by atoms with E-state index < -0.39 is 0 Å². The molecule has 0 fully saturated rings. The van der Waals surface area contributed by atoms with Gasteiger partial charge in [0.15, 0.2) is 0 Å². The van der Waals surface area contributed by atoms with E-state index in [0.29, 0.717) is 18.4 Å². The summed E-state index contributed by atoms with van der Waals surface area (Å²) in [6, 6.07) is 6.76. The molecule has 0 amide bonds. The molecule has 1 aromatic rings. The lowest BCUT2D eigenvalue weighted by Crippen LogP contribution is -2.07. The number of rotatable bonds is 5. The summed E-state index contributed by atoms with van der Waals surface area (Å²) in [5.74, 6) is 6.22. The molecule has 2 N–H and O–H groups in total. The molecular weight excluding hydrogens is 198 g/mol. The van der Waals surface area contributed by atoms with Crippen molar-refractivity contribution < 1.29 is 4.84 Å². The predicted octanol–water partition coefficient (Wildman–Crippen LogP) is 3.37. The van der Waals surface area contributed by atoms with E-state index in [1.165, 1.54) is 16.7 Å². The molecule has 0 aliphatic carbocycles. The third-order valence-electron chi connectivity index (χ3n) is 2.94. The molecule has 0 unspecified atom stereocenters. The first-order chi connectivity index (χ1) is 7.56. The van der Waals surface area contributed by atoms with Gasteiger partial charge in [0.25, 0.3) is 0 Å². The van der Waals surface area contributed by atoms with Crippen molar-refractivity contribution in [1.82, 2.24) is 0 Å². The molecule has 90 valence electrons. The fourth-order valence-corrected chi connectivity index (χ4v) is 1.93. The molecule has 2 nitrogen and oxygen atoms in total. The summed E-state index contributed by atoms with van der Waals surface area (Å²) < 4.78 is 0. The molecule has 0 bridgehead atoms. The van der Waals surface area contributed by atoms with E-state index >= 15 is 0 Å². The zero-order valence-corrected chi connectivity index (χ0v) is 10.8. The molecule has 0 saturated carbocycles. The Morgan fingerprint density at radius 3 is 2.31 bits per heavy atom. The molecule has 0 spiro atoms. The first-order valence-electron chi connectivity index (χ1n) is 6.00. The lowest BCUT2D eigenvalue weighted by molar-refractivity contribution is 0.141. The molecule has 0 heterocycles. The second-order valence-corrected chi connectivity index (χ2v) is 4.89. The Morgan fingerprint density at radius 2 is 1.81 bits per heavy atom. The fraction of sp³-hybridized carbons (Fsp3) is 0.571. The molecule has 0 aliphatic rings. The van der Waals surface area contributed by atoms with Gasteiger partial charge in [-0.15, -0.1) is 0 Å². The zero-order chi connectivity index (χ0) is 12.1. The van der Waals surface area contributed by atoms with Crippen molar-refractivity contribution in [3.8, 4) is 0 Å². The number of nitrogens with two attached hydrogens (primary N) is 1. The Balaban J connectivity index is 3.01. The van der Waals surface area contributed by atoms with Crippen molar-refractivity contribution in [2.75, 3.05) is 6.61 Å². The minimum Gasteiger partial charge on any atom is -0.304 e. The third kappa shape index (κ3) is 3.32. The second-order valence-electron chi connectivity index (χ2n) is 4.89. The topological polar surface area (TPSA) is 35.2 Å². The quantitative estimate of drug-likeness (QED) is 0.774. The minimum atomic E-state index is 0.550. The summed E-state index contributed by atoms with van der Waals surface area (Å²) in [6.07, 6.45) is 0.893. The van der Waals surface area contributed by atoms with Crippen LogP contribution < -0.4 is 5.90 Å². The van der Waals surface area contributed by atoms with Crippen LogP contribution in [-0.2, 0) is 11.3 Å². The van der Waals surface area contributed by atoms with Crippen LogP contribution in [0.4, 0.5) is 0 Å². The van der Waals surface area contributed by atoms with Crippen molar-refractivity contribution >= 4 is 0 Å². The first kappa shape index (κ1) is 13.2. The molecule has 0 radical (unpaired) electrons. The van der Waals surface area contributed by atoms with Crippen LogP contribution in [0.1, 0.15) is 56.2 Å². The van der Waals surface area contributed by atoms with Gasteiger partial charge in [-0.05, 0) is 34.9 Å². The Morgan fingerprint density at radius 1 is 1.12 bits per heavy atom. The van der Waals surface area contributed by atoms with Crippen LogP contribution in [0.5, 0.6) is 0 Å². The van der Waals surface area contributed by atoms with Crippen LogP contribution in [0.15, 0.2) is 18.2 Å². The number of hydrogen-bond acceptors (Lipinski definition) is 2.